The second kappa shape index (κ2) is 9.35. The van der Waals surface area contributed by atoms with Gasteiger partial charge < -0.3 is 10.2 Å². The number of hydrogen-bond acceptors (Lipinski definition) is 3. The van der Waals surface area contributed by atoms with Crippen LogP contribution in [0, 0.1) is 5.95 Å². The number of pyridine rings is 1. The normalized spacial score (nSPS) is 15.3. The number of nitrogens with zero attached hydrogens (tertiary/aromatic N) is 2. The summed E-state index contributed by atoms with van der Waals surface area (Å²) < 4.78 is 53.6. The number of piperidine rings is 1. The molecule has 1 amide bonds. The lowest BCUT2D eigenvalue weighted by atomic mass is 10.0. The Morgan fingerprint density at radius 2 is 1.90 bits per heavy atom. The van der Waals surface area contributed by atoms with Gasteiger partial charge in [0.1, 0.15) is 0 Å². The first-order valence-corrected chi connectivity index (χ1v) is 9.68. The molecule has 4 nitrogen and oxygen atoms in total. The van der Waals surface area contributed by atoms with Gasteiger partial charge in [-0.2, -0.15) is 17.6 Å². The lowest BCUT2D eigenvalue weighted by Crippen LogP contribution is -2.30. The molecule has 0 bridgehead atoms. The first kappa shape index (κ1) is 21.2. The van der Waals surface area contributed by atoms with Crippen LogP contribution < -0.4 is 5.32 Å². The van der Waals surface area contributed by atoms with Gasteiger partial charge in [-0.1, -0.05) is 6.42 Å². The highest BCUT2D eigenvalue weighted by molar-refractivity contribution is 6.04. The summed E-state index contributed by atoms with van der Waals surface area (Å²) in [5, 5.41) is 2.36. The van der Waals surface area contributed by atoms with Crippen molar-refractivity contribution in [2.45, 2.75) is 38.3 Å². The number of halogens is 4. The van der Waals surface area contributed by atoms with Crippen LogP contribution in [0.3, 0.4) is 0 Å². The molecule has 156 valence electrons. The summed E-state index contributed by atoms with van der Waals surface area (Å²) in [6, 6.07) is 6.09. The average molecular weight is 409 g/mol. The highest BCUT2D eigenvalue weighted by Gasteiger charge is 2.31. The van der Waals surface area contributed by atoms with Gasteiger partial charge in [-0.15, -0.1) is 0 Å². The molecule has 1 saturated heterocycles. The highest BCUT2D eigenvalue weighted by atomic mass is 19.4. The quantitative estimate of drug-likeness (QED) is 0.545. The maximum absolute atomic E-state index is 13.7. The second-order valence-electron chi connectivity index (χ2n) is 7.22. The summed E-state index contributed by atoms with van der Waals surface area (Å²) in [5.41, 5.74) is -0.689. The molecular weight excluding hydrogens is 386 g/mol. The molecule has 3 rings (SSSR count). The van der Waals surface area contributed by atoms with Crippen molar-refractivity contribution >= 4 is 11.6 Å². The van der Waals surface area contributed by atoms with E-state index in [0.717, 1.165) is 51.0 Å². The first-order chi connectivity index (χ1) is 13.8. The van der Waals surface area contributed by atoms with Gasteiger partial charge in [0, 0.05) is 11.9 Å². The minimum atomic E-state index is -4.54. The Morgan fingerprint density at radius 1 is 1.14 bits per heavy atom. The van der Waals surface area contributed by atoms with Gasteiger partial charge in [0.05, 0.1) is 11.1 Å². The van der Waals surface area contributed by atoms with Crippen molar-refractivity contribution in [2.75, 3.05) is 25.0 Å². The predicted octanol–water partition coefficient (Wildman–Crippen LogP) is 4.91. The van der Waals surface area contributed by atoms with Crippen LogP contribution in [-0.4, -0.2) is 35.4 Å². The van der Waals surface area contributed by atoms with E-state index >= 15 is 0 Å². The van der Waals surface area contributed by atoms with Crippen molar-refractivity contribution in [1.82, 2.24) is 9.88 Å². The van der Waals surface area contributed by atoms with Gasteiger partial charge in [0.15, 0.2) is 0 Å². The Balaban J connectivity index is 1.73. The Morgan fingerprint density at radius 3 is 2.59 bits per heavy atom. The van der Waals surface area contributed by atoms with Gasteiger partial charge in [-0.05, 0) is 81.2 Å². The third kappa shape index (κ3) is 6.00. The number of rotatable bonds is 6. The van der Waals surface area contributed by atoms with Crippen molar-refractivity contribution in [2.24, 2.45) is 0 Å². The van der Waals surface area contributed by atoms with Crippen LogP contribution in [0.25, 0.3) is 0 Å². The van der Waals surface area contributed by atoms with E-state index in [1.54, 1.807) is 0 Å². The predicted molar refractivity (Wildman–Crippen MR) is 102 cm³/mol. The number of anilines is 1. The molecule has 1 N–H and O–H groups in total. The van der Waals surface area contributed by atoms with E-state index in [1.807, 2.05) is 0 Å². The summed E-state index contributed by atoms with van der Waals surface area (Å²) >= 11 is 0. The van der Waals surface area contributed by atoms with Crippen LogP contribution in [0.15, 0.2) is 36.5 Å². The van der Waals surface area contributed by atoms with Crippen molar-refractivity contribution in [3.8, 4) is 0 Å². The van der Waals surface area contributed by atoms with E-state index in [4.69, 9.17) is 0 Å². The summed E-state index contributed by atoms with van der Waals surface area (Å²) in [4.78, 5) is 18.0. The number of aryl methyl sites for hydroxylation is 1. The number of likely N-dealkylation sites (tertiary alicyclic amines) is 1. The maximum Gasteiger partial charge on any atom is 0.416 e. The second-order valence-corrected chi connectivity index (χ2v) is 7.22. The summed E-state index contributed by atoms with van der Waals surface area (Å²) in [6.07, 6.45) is 1.38. The van der Waals surface area contributed by atoms with Crippen LogP contribution in [0.5, 0.6) is 0 Å². The van der Waals surface area contributed by atoms with E-state index < -0.39 is 23.6 Å². The molecule has 1 aromatic carbocycles. The molecule has 0 spiro atoms. The Labute approximate surface area is 166 Å². The van der Waals surface area contributed by atoms with E-state index in [9.17, 15) is 22.4 Å². The maximum atomic E-state index is 13.7. The zero-order valence-electron chi connectivity index (χ0n) is 15.9. The third-order valence-corrected chi connectivity index (χ3v) is 4.97. The lowest BCUT2D eigenvalue weighted by molar-refractivity contribution is -0.137. The standard InChI is InChI=1S/C21H23F4N3O/c22-19-18(7-4-8-26-19)20(29)27-17-13-15(12-16(14-17)21(23,24)25)6-5-11-28-9-2-1-3-10-28/h4,7-8,12-14H,1-3,5-6,9-11H2,(H,27,29). The number of alkyl halides is 3. The summed E-state index contributed by atoms with van der Waals surface area (Å²) in [5.74, 6) is -1.81. The fourth-order valence-corrected chi connectivity index (χ4v) is 3.52. The Kier molecular flexibility index (Phi) is 6.84. The van der Waals surface area contributed by atoms with Crippen LogP contribution in [-0.2, 0) is 12.6 Å². The monoisotopic (exact) mass is 409 g/mol. The zero-order valence-corrected chi connectivity index (χ0v) is 15.9. The topological polar surface area (TPSA) is 45.2 Å². The number of aromatic nitrogens is 1. The van der Waals surface area contributed by atoms with E-state index in [-0.39, 0.29) is 11.3 Å². The number of carbonyl (C=O) groups is 1. The molecule has 29 heavy (non-hydrogen) atoms. The molecule has 0 aliphatic carbocycles. The van der Waals surface area contributed by atoms with E-state index in [1.165, 1.54) is 30.8 Å². The van der Waals surface area contributed by atoms with E-state index in [2.05, 4.69) is 15.2 Å². The molecule has 1 aromatic heterocycles. The number of hydrogen-bond donors (Lipinski definition) is 1. The summed E-state index contributed by atoms with van der Waals surface area (Å²) in [6.45, 7) is 2.89. The van der Waals surface area contributed by atoms with Crippen molar-refractivity contribution < 1.29 is 22.4 Å². The van der Waals surface area contributed by atoms with Gasteiger partial charge >= 0.3 is 6.18 Å². The molecule has 0 unspecified atom stereocenters. The zero-order chi connectivity index (χ0) is 20.9. The van der Waals surface area contributed by atoms with Gasteiger partial charge in [0.25, 0.3) is 5.91 Å². The van der Waals surface area contributed by atoms with Crippen LogP contribution >= 0.6 is 0 Å². The molecule has 0 radical (unpaired) electrons. The Hall–Kier alpha value is -2.48. The molecule has 2 heterocycles. The van der Waals surface area contributed by atoms with Crippen LogP contribution in [0.4, 0.5) is 23.2 Å². The molecule has 2 aromatic rings. The smallest absolute Gasteiger partial charge is 0.322 e. The van der Waals surface area contributed by atoms with Crippen LogP contribution in [0.2, 0.25) is 0 Å². The van der Waals surface area contributed by atoms with Gasteiger partial charge in [0.2, 0.25) is 5.95 Å². The molecule has 0 saturated carbocycles. The molecule has 8 heteroatoms. The number of amides is 1. The van der Waals surface area contributed by atoms with E-state index in [0.29, 0.717) is 12.0 Å². The summed E-state index contributed by atoms with van der Waals surface area (Å²) in [7, 11) is 0. The molecule has 0 atom stereocenters. The minimum Gasteiger partial charge on any atom is -0.322 e. The van der Waals surface area contributed by atoms with Gasteiger partial charge in [-0.25, -0.2) is 4.98 Å². The SMILES string of the molecule is O=C(Nc1cc(CCCN2CCCCC2)cc(C(F)(F)F)c1)c1cccnc1F. The average Bonchev–Trinajstić information content (AvgIpc) is 2.68. The highest BCUT2D eigenvalue weighted by Crippen LogP contribution is 2.32. The number of carbonyl (C=O) groups excluding carboxylic acids is 1. The number of nitrogens with one attached hydrogen (secondary N) is 1. The van der Waals surface area contributed by atoms with Crippen molar-refractivity contribution in [1.29, 1.82) is 0 Å². The van der Waals surface area contributed by atoms with Gasteiger partial charge in [-0.3, -0.25) is 4.79 Å². The van der Waals surface area contributed by atoms with Crippen LogP contribution in [0.1, 0.15) is 47.2 Å². The molecule has 1 aliphatic heterocycles. The third-order valence-electron chi connectivity index (χ3n) is 4.97. The molecule has 1 fully saturated rings. The lowest BCUT2D eigenvalue weighted by Gasteiger charge is -2.26. The fourth-order valence-electron chi connectivity index (χ4n) is 3.52. The van der Waals surface area contributed by atoms with Crippen molar-refractivity contribution in [3.63, 3.8) is 0 Å². The Bertz CT molecular complexity index is 848. The fraction of sp³-hybridized carbons (Fsp3) is 0.429. The molecular formula is C21H23F4N3O. The largest absolute Gasteiger partial charge is 0.416 e. The minimum absolute atomic E-state index is 0.0129. The van der Waals surface area contributed by atoms with Crippen molar-refractivity contribution in [3.05, 3.63) is 59.2 Å². The first-order valence-electron chi connectivity index (χ1n) is 9.68. The number of benzene rings is 1. The molecule has 1 aliphatic rings.